The number of nitrogen functional groups attached to an aromatic ring is 1. The number of hydrogen-bond donors (Lipinski definition) is 3. The van der Waals surface area contributed by atoms with Crippen LogP contribution in [0, 0.1) is 0 Å². The minimum absolute atomic E-state index is 0.0113. The first-order valence-electron chi connectivity index (χ1n) is 12.5. The molecule has 4 rings (SSSR count). The van der Waals surface area contributed by atoms with E-state index in [1.165, 1.54) is 0 Å². The van der Waals surface area contributed by atoms with Crippen LogP contribution in [0.15, 0.2) is 90.3 Å². The lowest BCUT2D eigenvalue weighted by Crippen LogP contribution is -2.54. The van der Waals surface area contributed by atoms with Gasteiger partial charge in [0.05, 0.1) is 11.4 Å². The summed E-state index contributed by atoms with van der Waals surface area (Å²) in [4.78, 5) is 40.0. The molecule has 0 fully saturated rings. The Bertz CT molecular complexity index is 1420. The van der Waals surface area contributed by atoms with E-state index in [-0.39, 0.29) is 18.9 Å². The Labute approximate surface area is 231 Å². The lowest BCUT2D eigenvalue weighted by Gasteiger charge is -2.33. The molecule has 39 heavy (non-hydrogen) atoms. The van der Waals surface area contributed by atoms with E-state index in [9.17, 15) is 19.5 Å². The van der Waals surface area contributed by atoms with Crippen molar-refractivity contribution in [1.82, 2.24) is 10.2 Å². The molecule has 1 heterocycles. The second-order valence-corrected chi connectivity index (χ2v) is 9.87. The summed E-state index contributed by atoms with van der Waals surface area (Å²) in [7, 11) is 0. The maximum absolute atomic E-state index is 13.0. The summed E-state index contributed by atoms with van der Waals surface area (Å²) < 4.78 is 0. The number of nitrogens with two attached hydrogens (primary N) is 1. The summed E-state index contributed by atoms with van der Waals surface area (Å²) in [6.07, 6.45) is -1.32. The molecule has 0 saturated carbocycles. The zero-order valence-corrected chi connectivity index (χ0v) is 22.2. The van der Waals surface area contributed by atoms with Crippen LogP contribution in [0.5, 0.6) is 0 Å². The normalized spacial score (nSPS) is 11.4. The van der Waals surface area contributed by atoms with Crippen LogP contribution in [0.1, 0.15) is 28.4 Å². The molecule has 0 aliphatic rings. The number of hydrogen-bond acceptors (Lipinski definition) is 6. The van der Waals surface area contributed by atoms with Crippen LogP contribution >= 0.6 is 11.3 Å². The number of nitrogens with one attached hydrogen (secondary N) is 2. The van der Waals surface area contributed by atoms with Gasteiger partial charge in [-0.05, 0) is 59.3 Å². The van der Waals surface area contributed by atoms with E-state index in [4.69, 9.17) is 5.73 Å². The predicted molar refractivity (Wildman–Crippen MR) is 152 cm³/mol. The van der Waals surface area contributed by atoms with Gasteiger partial charge in [-0.2, -0.15) is 0 Å². The van der Waals surface area contributed by atoms with Gasteiger partial charge >= 0.3 is 0 Å². The molecule has 9 heteroatoms. The number of thiophene rings is 1. The first kappa shape index (κ1) is 27.4. The highest BCUT2D eigenvalue weighted by atomic mass is 32.1. The average molecular weight is 542 g/mol. The third-order valence-electron chi connectivity index (χ3n) is 6.21. The molecule has 3 aromatic carbocycles. The lowest BCUT2D eigenvalue weighted by atomic mass is 10.0. The largest absolute Gasteiger partial charge is 0.530 e. The van der Waals surface area contributed by atoms with Crippen LogP contribution in [0.4, 0.5) is 16.2 Å². The fourth-order valence-electron chi connectivity index (χ4n) is 4.19. The molecule has 0 saturated heterocycles. The highest BCUT2D eigenvalue weighted by molar-refractivity contribution is 7.13. The number of likely N-dealkylation sites (N-methyl/N-ethyl adjacent to an activating group) is 1. The molecule has 0 aliphatic heterocycles. The molecule has 200 valence electrons. The number of nitrogens with zero attached hydrogens (tertiary/aromatic N) is 1. The van der Waals surface area contributed by atoms with Crippen molar-refractivity contribution in [2.24, 2.45) is 0 Å². The zero-order chi connectivity index (χ0) is 27.8. The van der Waals surface area contributed by atoms with Gasteiger partial charge in [0.25, 0.3) is 5.91 Å². The van der Waals surface area contributed by atoms with Gasteiger partial charge in [0, 0.05) is 30.0 Å². The third kappa shape index (κ3) is 7.03. The number of carbonyl (C=O) groups excluding carboxylic acids is 3. The zero-order valence-electron chi connectivity index (χ0n) is 21.4. The van der Waals surface area contributed by atoms with Gasteiger partial charge in [0.2, 0.25) is 5.91 Å². The summed E-state index contributed by atoms with van der Waals surface area (Å²) in [5.74, 6) is -0.752. The SMILES string of the molecule is CCNC(=O)[C@H](Cc1ccc(C(=O)Nc2cc(-c3cccs3)ccc2N)cc1)N(Cc1ccccc1)C(=O)[O-]. The highest BCUT2D eigenvalue weighted by Crippen LogP contribution is 2.30. The van der Waals surface area contributed by atoms with E-state index < -0.39 is 18.0 Å². The molecule has 0 bridgehead atoms. The fourth-order valence-corrected chi connectivity index (χ4v) is 4.91. The second kappa shape index (κ2) is 12.7. The fraction of sp³-hybridized carbons (Fsp3) is 0.167. The van der Waals surface area contributed by atoms with Gasteiger partial charge in [-0.3, -0.25) is 9.59 Å². The number of rotatable bonds is 10. The molecule has 0 spiro atoms. The van der Waals surface area contributed by atoms with E-state index in [0.717, 1.165) is 20.9 Å². The molecule has 4 aromatic rings. The molecular formula is C30H29N4O4S-. The predicted octanol–water partition coefficient (Wildman–Crippen LogP) is 4.14. The molecule has 0 unspecified atom stereocenters. The molecule has 1 aromatic heterocycles. The molecule has 8 nitrogen and oxygen atoms in total. The standard InChI is InChI=1S/C30H30N4O4S/c1-2-32-29(36)26(34(30(37)38)19-21-7-4-3-5-8-21)17-20-10-12-22(13-11-20)28(35)33-25-18-23(14-15-24(25)31)27-9-6-16-39-27/h3-16,18,26H,2,17,19,31H2,1H3,(H,32,36)(H,33,35)(H,37,38)/p-1/t26-/m0/s1. The Kier molecular flexibility index (Phi) is 8.96. The van der Waals surface area contributed by atoms with Crippen LogP contribution in [0.3, 0.4) is 0 Å². The van der Waals surface area contributed by atoms with Crippen LogP contribution < -0.4 is 21.5 Å². The van der Waals surface area contributed by atoms with E-state index in [0.29, 0.717) is 29.0 Å². The number of carboxylic acid groups (broad SMARTS) is 1. The van der Waals surface area contributed by atoms with Crippen LogP contribution in [0.25, 0.3) is 10.4 Å². The number of anilines is 2. The maximum atomic E-state index is 13.0. The van der Waals surface area contributed by atoms with E-state index in [1.807, 2.05) is 35.7 Å². The average Bonchev–Trinajstić information content (AvgIpc) is 3.48. The molecule has 4 N–H and O–H groups in total. The van der Waals surface area contributed by atoms with Crippen molar-refractivity contribution in [3.63, 3.8) is 0 Å². The highest BCUT2D eigenvalue weighted by Gasteiger charge is 2.26. The van der Waals surface area contributed by atoms with Crippen molar-refractivity contribution in [3.05, 3.63) is 107 Å². The van der Waals surface area contributed by atoms with Crippen molar-refractivity contribution in [1.29, 1.82) is 0 Å². The van der Waals surface area contributed by atoms with Gasteiger partial charge in [-0.1, -0.05) is 54.6 Å². The monoisotopic (exact) mass is 541 g/mol. The van der Waals surface area contributed by atoms with E-state index in [1.54, 1.807) is 72.9 Å². The quantitative estimate of drug-likeness (QED) is 0.260. The first-order chi connectivity index (χ1) is 18.9. The summed E-state index contributed by atoms with van der Waals surface area (Å²) >= 11 is 1.60. The third-order valence-corrected chi connectivity index (χ3v) is 7.13. The van der Waals surface area contributed by atoms with E-state index >= 15 is 0 Å². The number of amides is 3. The van der Waals surface area contributed by atoms with Crippen molar-refractivity contribution >= 4 is 40.6 Å². The minimum Gasteiger partial charge on any atom is -0.530 e. The van der Waals surface area contributed by atoms with Crippen LogP contribution in [-0.4, -0.2) is 35.4 Å². The first-order valence-corrected chi connectivity index (χ1v) is 13.4. The lowest BCUT2D eigenvalue weighted by molar-refractivity contribution is -0.268. The summed E-state index contributed by atoms with van der Waals surface area (Å²) in [5.41, 5.74) is 9.85. The Hall–Kier alpha value is -4.63. The van der Waals surface area contributed by atoms with Gasteiger partial charge in [0.15, 0.2) is 0 Å². The van der Waals surface area contributed by atoms with Crippen molar-refractivity contribution in [2.75, 3.05) is 17.6 Å². The Morgan fingerprint density at radius 2 is 1.69 bits per heavy atom. The molecule has 0 aliphatic carbocycles. The van der Waals surface area contributed by atoms with Crippen LogP contribution in [0.2, 0.25) is 0 Å². The maximum Gasteiger partial charge on any atom is 0.255 e. The van der Waals surface area contributed by atoms with E-state index in [2.05, 4.69) is 10.6 Å². The van der Waals surface area contributed by atoms with Gasteiger partial charge < -0.3 is 31.2 Å². The Morgan fingerprint density at radius 3 is 2.33 bits per heavy atom. The van der Waals surface area contributed by atoms with Crippen molar-refractivity contribution in [2.45, 2.75) is 25.9 Å². The second-order valence-electron chi connectivity index (χ2n) is 8.92. The Morgan fingerprint density at radius 1 is 0.949 bits per heavy atom. The molecular weight excluding hydrogens is 512 g/mol. The van der Waals surface area contributed by atoms with Crippen molar-refractivity contribution in [3.8, 4) is 10.4 Å². The number of carbonyl (C=O) groups is 3. The molecule has 3 amide bonds. The minimum atomic E-state index is -1.44. The van der Waals surface area contributed by atoms with Crippen molar-refractivity contribution < 1.29 is 19.5 Å². The smallest absolute Gasteiger partial charge is 0.255 e. The number of benzene rings is 3. The van der Waals surface area contributed by atoms with Gasteiger partial charge in [-0.25, -0.2) is 0 Å². The van der Waals surface area contributed by atoms with Crippen LogP contribution in [-0.2, 0) is 17.8 Å². The topological polar surface area (TPSA) is 128 Å². The van der Waals surface area contributed by atoms with Gasteiger partial charge in [-0.15, -0.1) is 11.3 Å². The molecule has 0 radical (unpaired) electrons. The summed E-state index contributed by atoms with van der Waals surface area (Å²) in [6, 6.07) is 24.2. The van der Waals surface area contributed by atoms with Gasteiger partial charge in [0.1, 0.15) is 12.1 Å². The molecule has 1 atom stereocenters. The summed E-state index contributed by atoms with van der Waals surface area (Å²) in [5, 5.41) is 19.6. The Balaban J connectivity index is 1.50. The summed E-state index contributed by atoms with van der Waals surface area (Å²) in [6.45, 7) is 2.14.